The van der Waals surface area contributed by atoms with Crippen LogP contribution in [0.4, 0.5) is 24.7 Å². The second-order valence-corrected chi connectivity index (χ2v) is 6.24. The highest BCUT2D eigenvalue weighted by molar-refractivity contribution is 5.58. The molecule has 1 aromatic heterocycles. The zero-order valence-electron chi connectivity index (χ0n) is 14.7. The van der Waals surface area contributed by atoms with E-state index < -0.39 is 16.7 Å². The van der Waals surface area contributed by atoms with E-state index in [1.54, 1.807) is 6.08 Å². The van der Waals surface area contributed by atoms with E-state index in [2.05, 4.69) is 16.8 Å². The van der Waals surface area contributed by atoms with E-state index >= 15 is 0 Å². The van der Waals surface area contributed by atoms with Gasteiger partial charge in [0.05, 0.1) is 10.5 Å². The number of benzene rings is 1. The number of hydrogen-bond donors (Lipinski definition) is 0. The minimum absolute atomic E-state index is 0.0285. The fourth-order valence-electron chi connectivity index (χ4n) is 2.92. The van der Waals surface area contributed by atoms with Gasteiger partial charge in [0, 0.05) is 30.9 Å². The molecule has 0 amide bonds. The van der Waals surface area contributed by atoms with Crippen LogP contribution in [0, 0.1) is 22.0 Å². The summed E-state index contributed by atoms with van der Waals surface area (Å²) in [5.74, 6) is 5.89. The first-order valence-corrected chi connectivity index (χ1v) is 8.55. The quantitative estimate of drug-likeness (QED) is 0.430. The van der Waals surface area contributed by atoms with Crippen molar-refractivity contribution in [1.29, 1.82) is 0 Å². The molecular weight excluding hydrogens is 371 g/mol. The van der Waals surface area contributed by atoms with Crippen LogP contribution in [-0.2, 0) is 6.18 Å². The molecule has 1 aromatic carbocycles. The maximum absolute atomic E-state index is 12.7. The van der Waals surface area contributed by atoms with Crippen LogP contribution in [0.25, 0.3) is 0 Å². The van der Waals surface area contributed by atoms with Crippen molar-refractivity contribution in [1.82, 2.24) is 4.98 Å². The number of halogens is 3. The highest BCUT2D eigenvalue weighted by atomic mass is 19.4. The molecular formula is C20H16F3N3O2. The molecule has 0 bridgehead atoms. The molecule has 0 spiro atoms. The lowest BCUT2D eigenvalue weighted by atomic mass is 10.0. The zero-order valence-corrected chi connectivity index (χ0v) is 14.7. The molecule has 3 rings (SSSR count). The highest BCUT2D eigenvalue weighted by Crippen LogP contribution is 2.30. The molecule has 1 aliphatic heterocycles. The van der Waals surface area contributed by atoms with Gasteiger partial charge in [-0.25, -0.2) is 4.98 Å². The fraction of sp³-hybridized carbons (Fsp3) is 0.250. The Hall–Kier alpha value is -3.34. The molecule has 0 N–H and O–H groups in total. The van der Waals surface area contributed by atoms with Gasteiger partial charge in [-0.15, -0.1) is 0 Å². The van der Waals surface area contributed by atoms with Crippen molar-refractivity contribution >= 4 is 11.5 Å². The van der Waals surface area contributed by atoms with Crippen LogP contribution in [-0.4, -0.2) is 23.0 Å². The van der Waals surface area contributed by atoms with Crippen molar-refractivity contribution in [2.75, 3.05) is 18.0 Å². The average Bonchev–Trinajstić information content (AvgIpc) is 2.68. The lowest BCUT2D eigenvalue weighted by molar-refractivity contribution is -0.384. The Morgan fingerprint density at radius 1 is 1.18 bits per heavy atom. The zero-order chi connectivity index (χ0) is 20.1. The maximum atomic E-state index is 12.7. The highest BCUT2D eigenvalue weighted by Gasteiger charge is 2.30. The van der Waals surface area contributed by atoms with Crippen LogP contribution < -0.4 is 4.90 Å². The molecule has 144 valence electrons. The standard InChI is InChI=1S/C20H16F3N3O2/c21-20(22,23)17-7-2-6-16(14-17)5-1-4-15-9-12-25(13-10-15)19-18(26(27)28)8-3-11-24-19/h2-4,6-8,11,14H,9-10,12-13H2. The number of piperidine rings is 1. The summed E-state index contributed by atoms with van der Waals surface area (Å²) in [6, 6.07) is 7.85. The summed E-state index contributed by atoms with van der Waals surface area (Å²) in [6.45, 7) is 1.13. The minimum atomic E-state index is -4.39. The van der Waals surface area contributed by atoms with Crippen molar-refractivity contribution in [3.8, 4) is 11.8 Å². The third-order valence-corrected chi connectivity index (χ3v) is 4.35. The lowest BCUT2D eigenvalue weighted by Crippen LogP contribution is -2.31. The average molecular weight is 387 g/mol. The van der Waals surface area contributed by atoms with E-state index in [1.165, 1.54) is 30.5 Å². The number of allylic oxidation sites excluding steroid dienone is 1. The van der Waals surface area contributed by atoms with Crippen molar-refractivity contribution in [2.24, 2.45) is 0 Å². The Bertz CT molecular complexity index is 964. The normalized spacial score (nSPS) is 14.2. The molecule has 8 heteroatoms. The second-order valence-electron chi connectivity index (χ2n) is 6.24. The molecule has 1 saturated heterocycles. The summed E-state index contributed by atoms with van der Waals surface area (Å²) in [4.78, 5) is 16.7. The van der Waals surface area contributed by atoms with Gasteiger partial charge in [0.15, 0.2) is 0 Å². The van der Waals surface area contributed by atoms with Crippen LogP contribution in [0.5, 0.6) is 0 Å². The van der Waals surface area contributed by atoms with Crippen LogP contribution in [0.15, 0.2) is 54.2 Å². The molecule has 2 heterocycles. The van der Waals surface area contributed by atoms with Crippen LogP contribution >= 0.6 is 0 Å². The number of aromatic nitrogens is 1. The van der Waals surface area contributed by atoms with E-state index in [1.807, 2.05) is 4.90 Å². The summed E-state index contributed by atoms with van der Waals surface area (Å²) in [6.07, 6.45) is 0.158. The molecule has 0 radical (unpaired) electrons. The van der Waals surface area contributed by atoms with E-state index in [9.17, 15) is 23.3 Å². The monoisotopic (exact) mass is 387 g/mol. The minimum Gasteiger partial charge on any atom is -0.350 e. The first-order chi connectivity index (χ1) is 13.3. The number of nitro groups is 1. The lowest BCUT2D eigenvalue weighted by Gasteiger charge is -2.28. The van der Waals surface area contributed by atoms with Gasteiger partial charge in [-0.05, 0) is 43.2 Å². The van der Waals surface area contributed by atoms with E-state index in [0.29, 0.717) is 37.3 Å². The van der Waals surface area contributed by atoms with Gasteiger partial charge >= 0.3 is 11.9 Å². The number of anilines is 1. The summed E-state index contributed by atoms with van der Waals surface area (Å²) in [7, 11) is 0. The molecule has 1 aliphatic rings. The summed E-state index contributed by atoms with van der Waals surface area (Å²) in [5.41, 5.74) is 0.596. The topological polar surface area (TPSA) is 59.3 Å². The first-order valence-electron chi connectivity index (χ1n) is 8.55. The van der Waals surface area contributed by atoms with Gasteiger partial charge in [-0.1, -0.05) is 23.5 Å². The predicted octanol–water partition coefficient (Wildman–Crippen LogP) is 4.59. The number of rotatable bonds is 2. The third-order valence-electron chi connectivity index (χ3n) is 4.35. The number of alkyl halides is 3. The Morgan fingerprint density at radius 3 is 2.61 bits per heavy atom. The van der Waals surface area contributed by atoms with Gasteiger partial charge in [0.2, 0.25) is 5.82 Å². The third kappa shape index (κ3) is 4.68. The van der Waals surface area contributed by atoms with Crippen molar-refractivity contribution < 1.29 is 18.1 Å². The van der Waals surface area contributed by atoms with Gasteiger partial charge in [-0.2, -0.15) is 13.2 Å². The molecule has 2 aromatic rings. The van der Waals surface area contributed by atoms with Crippen LogP contribution in [0.1, 0.15) is 24.0 Å². The van der Waals surface area contributed by atoms with Gasteiger partial charge < -0.3 is 4.90 Å². The second kappa shape index (κ2) is 8.13. The van der Waals surface area contributed by atoms with E-state index in [-0.39, 0.29) is 5.69 Å². The van der Waals surface area contributed by atoms with Crippen LogP contribution in [0.2, 0.25) is 0 Å². The molecule has 0 atom stereocenters. The molecule has 0 aliphatic carbocycles. The Kier molecular flexibility index (Phi) is 5.64. The van der Waals surface area contributed by atoms with Crippen molar-refractivity contribution in [3.63, 3.8) is 0 Å². The Labute approximate surface area is 159 Å². The largest absolute Gasteiger partial charge is 0.416 e. The van der Waals surface area contributed by atoms with Gasteiger partial charge in [0.1, 0.15) is 0 Å². The van der Waals surface area contributed by atoms with Crippen molar-refractivity contribution in [3.05, 3.63) is 75.5 Å². The number of nitrogens with zero attached hydrogens (tertiary/aromatic N) is 3. The summed E-state index contributed by atoms with van der Waals surface area (Å²) in [5, 5.41) is 11.1. The molecule has 0 saturated carbocycles. The summed E-state index contributed by atoms with van der Waals surface area (Å²) < 4.78 is 38.2. The van der Waals surface area contributed by atoms with Crippen molar-refractivity contribution in [2.45, 2.75) is 19.0 Å². The van der Waals surface area contributed by atoms with E-state index in [0.717, 1.165) is 17.7 Å². The number of hydrogen-bond acceptors (Lipinski definition) is 4. The van der Waals surface area contributed by atoms with Gasteiger partial charge in [-0.3, -0.25) is 10.1 Å². The Morgan fingerprint density at radius 2 is 1.93 bits per heavy atom. The predicted molar refractivity (Wildman–Crippen MR) is 98.7 cm³/mol. The first kappa shape index (κ1) is 19.4. The molecule has 28 heavy (non-hydrogen) atoms. The molecule has 0 unspecified atom stereocenters. The summed E-state index contributed by atoms with van der Waals surface area (Å²) >= 11 is 0. The Balaban J connectivity index is 1.66. The molecule has 5 nitrogen and oxygen atoms in total. The SMILES string of the molecule is O=[N+]([O-])c1cccnc1N1CCC(=CC#Cc2cccc(C(F)(F)F)c2)CC1. The van der Waals surface area contributed by atoms with E-state index in [4.69, 9.17) is 0 Å². The van der Waals surface area contributed by atoms with Gasteiger partial charge in [0.25, 0.3) is 0 Å². The van der Waals surface area contributed by atoms with Crippen LogP contribution in [0.3, 0.4) is 0 Å². The maximum Gasteiger partial charge on any atom is 0.416 e. The molecule has 1 fully saturated rings. The fourth-order valence-corrected chi connectivity index (χ4v) is 2.92. The number of pyridine rings is 1. The smallest absolute Gasteiger partial charge is 0.350 e.